The largest absolute Gasteiger partial charge is 0.328 e. The fourth-order valence-corrected chi connectivity index (χ4v) is 3.72. The highest BCUT2D eigenvalue weighted by Crippen LogP contribution is 2.45. The van der Waals surface area contributed by atoms with Crippen LogP contribution >= 0.6 is 0 Å². The molecule has 1 saturated heterocycles. The summed E-state index contributed by atoms with van der Waals surface area (Å²) >= 11 is 0. The number of likely N-dealkylation sites (N-methyl/N-ethyl adjacent to an activating group) is 1. The van der Waals surface area contributed by atoms with Crippen LogP contribution in [0.25, 0.3) is 0 Å². The highest BCUT2D eigenvalue weighted by atomic mass is 16.2. The van der Waals surface area contributed by atoms with Crippen LogP contribution in [0.5, 0.6) is 0 Å². The molecule has 1 aliphatic carbocycles. The molecule has 24 heavy (non-hydrogen) atoms. The summed E-state index contributed by atoms with van der Waals surface area (Å²) in [5, 5.41) is 3.28. The first-order valence-electron chi connectivity index (χ1n) is 9.35. The molecule has 0 bridgehead atoms. The Kier molecular flexibility index (Phi) is 5.14. The van der Waals surface area contributed by atoms with Crippen molar-refractivity contribution >= 4 is 6.03 Å². The third kappa shape index (κ3) is 3.92. The van der Waals surface area contributed by atoms with Gasteiger partial charge in [-0.05, 0) is 51.6 Å². The quantitative estimate of drug-likeness (QED) is 0.897. The molecule has 2 amide bonds. The normalized spacial score (nSPS) is 22.9. The second-order valence-corrected chi connectivity index (χ2v) is 7.68. The topological polar surface area (TPSA) is 35.6 Å². The number of hydrogen-bond acceptors (Lipinski definition) is 2. The van der Waals surface area contributed by atoms with E-state index in [4.69, 9.17) is 0 Å². The molecule has 132 valence electrons. The molecule has 0 spiro atoms. The molecule has 3 rings (SSSR count). The lowest BCUT2D eigenvalue weighted by Gasteiger charge is -2.34. The summed E-state index contributed by atoms with van der Waals surface area (Å²) in [4.78, 5) is 17.0. The Balaban J connectivity index is 1.52. The van der Waals surface area contributed by atoms with E-state index in [9.17, 15) is 4.79 Å². The number of benzene rings is 1. The van der Waals surface area contributed by atoms with Gasteiger partial charge in [-0.3, -0.25) is 4.90 Å². The number of amides is 2. The van der Waals surface area contributed by atoms with E-state index >= 15 is 0 Å². The van der Waals surface area contributed by atoms with Gasteiger partial charge in [-0.2, -0.15) is 0 Å². The average molecular weight is 329 g/mol. The van der Waals surface area contributed by atoms with Gasteiger partial charge in [-0.1, -0.05) is 36.2 Å². The zero-order valence-corrected chi connectivity index (χ0v) is 15.3. The van der Waals surface area contributed by atoms with E-state index < -0.39 is 0 Å². The summed E-state index contributed by atoms with van der Waals surface area (Å²) in [6.45, 7) is 7.34. The number of nitrogens with zero attached hydrogens (tertiary/aromatic N) is 2. The number of hydrogen-bond donors (Lipinski definition) is 1. The predicted molar refractivity (Wildman–Crippen MR) is 98.1 cm³/mol. The van der Waals surface area contributed by atoms with Crippen molar-refractivity contribution in [2.45, 2.75) is 57.5 Å². The van der Waals surface area contributed by atoms with E-state index in [1.165, 1.54) is 36.9 Å². The zero-order valence-electron chi connectivity index (χ0n) is 15.3. The SMILES string of the molecule is Cc1cccc(C2(NC(=O)N(C)CCN3CCCC[C@H]3C)CC2)c1. The molecule has 1 saturated carbocycles. The van der Waals surface area contributed by atoms with E-state index in [1.807, 2.05) is 11.9 Å². The Labute approximate surface area is 146 Å². The number of piperidine rings is 1. The molecule has 2 aliphatic rings. The molecule has 0 aromatic heterocycles. The van der Waals surface area contributed by atoms with Crippen LogP contribution in [0.3, 0.4) is 0 Å². The summed E-state index contributed by atoms with van der Waals surface area (Å²) in [7, 11) is 1.91. The second-order valence-electron chi connectivity index (χ2n) is 7.68. The minimum Gasteiger partial charge on any atom is -0.328 e. The first kappa shape index (κ1) is 17.3. The number of urea groups is 1. The number of carbonyl (C=O) groups is 1. The molecule has 2 fully saturated rings. The zero-order chi connectivity index (χ0) is 17.2. The smallest absolute Gasteiger partial charge is 0.317 e. The lowest BCUT2D eigenvalue weighted by molar-refractivity contribution is 0.142. The molecule has 1 N–H and O–H groups in total. The third-order valence-corrected chi connectivity index (χ3v) is 5.68. The molecule has 4 nitrogen and oxygen atoms in total. The van der Waals surface area contributed by atoms with E-state index in [2.05, 4.69) is 48.3 Å². The molecule has 0 radical (unpaired) electrons. The Morgan fingerprint density at radius 1 is 1.38 bits per heavy atom. The van der Waals surface area contributed by atoms with Crippen molar-refractivity contribution in [3.05, 3.63) is 35.4 Å². The van der Waals surface area contributed by atoms with E-state index in [0.717, 1.165) is 25.9 Å². The number of carbonyl (C=O) groups excluding carboxylic acids is 1. The number of aryl methyl sites for hydroxylation is 1. The van der Waals surface area contributed by atoms with E-state index in [0.29, 0.717) is 6.04 Å². The van der Waals surface area contributed by atoms with Crippen molar-refractivity contribution in [1.82, 2.24) is 15.1 Å². The number of nitrogens with one attached hydrogen (secondary N) is 1. The molecule has 1 atom stereocenters. The molecular weight excluding hydrogens is 298 g/mol. The highest BCUT2D eigenvalue weighted by Gasteiger charge is 2.46. The minimum absolute atomic E-state index is 0.0543. The Morgan fingerprint density at radius 3 is 2.83 bits per heavy atom. The minimum atomic E-state index is -0.129. The van der Waals surface area contributed by atoms with Gasteiger partial charge in [0.2, 0.25) is 0 Å². The molecule has 4 heteroatoms. The second kappa shape index (κ2) is 7.14. The lowest BCUT2D eigenvalue weighted by atomic mass is 10.0. The van der Waals surface area contributed by atoms with Gasteiger partial charge in [0.1, 0.15) is 0 Å². The molecular formula is C20H31N3O. The Morgan fingerprint density at radius 2 is 2.17 bits per heavy atom. The van der Waals surface area contributed by atoms with Gasteiger partial charge < -0.3 is 10.2 Å². The lowest BCUT2D eigenvalue weighted by Crippen LogP contribution is -2.47. The van der Waals surface area contributed by atoms with Crippen LogP contribution in [0, 0.1) is 6.92 Å². The van der Waals surface area contributed by atoms with Crippen LogP contribution in [-0.2, 0) is 5.54 Å². The standard InChI is InChI=1S/C20H31N3O/c1-16-7-6-9-18(15-16)20(10-11-20)21-19(24)22(3)13-14-23-12-5-4-8-17(23)2/h6-7,9,15,17H,4-5,8,10-14H2,1-3H3,(H,21,24)/t17-/m1/s1. The maximum Gasteiger partial charge on any atom is 0.317 e. The van der Waals surface area contributed by atoms with Gasteiger partial charge in [0.15, 0.2) is 0 Å². The van der Waals surface area contributed by atoms with Crippen LogP contribution in [0.4, 0.5) is 4.79 Å². The van der Waals surface area contributed by atoms with Gasteiger partial charge in [-0.25, -0.2) is 4.79 Å². The van der Waals surface area contributed by atoms with Gasteiger partial charge in [0, 0.05) is 26.2 Å². The van der Waals surface area contributed by atoms with Crippen LogP contribution in [0.15, 0.2) is 24.3 Å². The van der Waals surface area contributed by atoms with Crippen molar-refractivity contribution in [3.8, 4) is 0 Å². The first-order valence-corrected chi connectivity index (χ1v) is 9.35. The van der Waals surface area contributed by atoms with Crippen LogP contribution in [0.2, 0.25) is 0 Å². The van der Waals surface area contributed by atoms with Crippen molar-refractivity contribution in [2.75, 3.05) is 26.7 Å². The third-order valence-electron chi connectivity index (χ3n) is 5.68. The first-order chi connectivity index (χ1) is 11.5. The molecule has 1 aromatic rings. The summed E-state index contributed by atoms with van der Waals surface area (Å²) in [5.41, 5.74) is 2.37. The van der Waals surface area contributed by atoms with Crippen LogP contribution in [-0.4, -0.2) is 48.6 Å². The van der Waals surface area contributed by atoms with Crippen LogP contribution < -0.4 is 5.32 Å². The van der Waals surface area contributed by atoms with Crippen molar-refractivity contribution in [3.63, 3.8) is 0 Å². The maximum absolute atomic E-state index is 12.6. The Bertz CT molecular complexity index is 582. The summed E-state index contributed by atoms with van der Waals surface area (Å²) < 4.78 is 0. The Hall–Kier alpha value is -1.55. The fraction of sp³-hybridized carbons (Fsp3) is 0.650. The van der Waals surface area contributed by atoms with Crippen molar-refractivity contribution in [2.24, 2.45) is 0 Å². The van der Waals surface area contributed by atoms with E-state index in [1.54, 1.807) is 0 Å². The molecule has 1 aromatic carbocycles. The van der Waals surface area contributed by atoms with Crippen molar-refractivity contribution < 1.29 is 4.79 Å². The molecule has 1 heterocycles. The predicted octanol–water partition coefficient (Wildman–Crippen LogP) is 3.50. The number of likely N-dealkylation sites (tertiary alicyclic amines) is 1. The number of rotatable bonds is 5. The monoisotopic (exact) mass is 329 g/mol. The maximum atomic E-state index is 12.6. The van der Waals surface area contributed by atoms with Gasteiger partial charge in [-0.15, -0.1) is 0 Å². The highest BCUT2D eigenvalue weighted by molar-refractivity contribution is 5.75. The summed E-state index contributed by atoms with van der Waals surface area (Å²) in [6, 6.07) is 9.22. The fourth-order valence-electron chi connectivity index (χ4n) is 3.72. The van der Waals surface area contributed by atoms with Gasteiger partial charge in [0.25, 0.3) is 0 Å². The molecule has 1 aliphatic heterocycles. The van der Waals surface area contributed by atoms with Gasteiger partial charge in [0.05, 0.1) is 5.54 Å². The molecule has 0 unspecified atom stereocenters. The van der Waals surface area contributed by atoms with Crippen molar-refractivity contribution in [1.29, 1.82) is 0 Å². The van der Waals surface area contributed by atoms with Crippen LogP contribution in [0.1, 0.15) is 50.2 Å². The van der Waals surface area contributed by atoms with Gasteiger partial charge >= 0.3 is 6.03 Å². The average Bonchev–Trinajstić information content (AvgIpc) is 3.34. The summed E-state index contributed by atoms with van der Waals surface area (Å²) in [6.07, 6.45) is 5.99. The summed E-state index contributed by atoms with van der Waals surface area (Å²) in [5.74, 6) is 0. The van der Waals surface area contributed by atoms with E-state index in [-0.39, 0.29) is 11.6 Å².